The number of hydrogen-bond donors (Lipinski definition) is 1. The summed E-state index contributed by atoms with van der Waals surface area (Å²) in [4.78, 5) is 24.5. The highest BCUT2D eigenvalue weighted by Gasteiger charge is 2.29. The third kappa shape index (κ3) is 3.83. The van der Waals surface area contributed by atoms with Gasteiger partial charge in [0.1, 0.15) is 5.69 Å². The van der Waals surface area contributed by atoms with Gasteiger partial charge >= 0.3 is 0 Å². The molecule has 0 unspecified atom stereocenters. The van der Waals surface area contributed by atoms with Crippen LogP contribution in [-0.2, 0) is 4.74 Å². The molecule has 3 rings (SSSR count). The normalized spacial score (nSPS) is 14.0. The average Bonchev–Trinajstić information content (AvgIpc) is 2.74. The van der Waals surface area contributed by atoms with Gasteiger partial charge in [-0.1, -0.05) is 0 Å². The standard InChI is InChI=1S/C17H12F5N3O4/c18-11-12(19)14(21)16(15(22)13(11)20)23-17(26)9-2-1-8(25(27)28)7-10(9)24-3-5-29-6-4-24/h1-2,7H,3-6H2,(H,23,26). The predicted octanol–water partition coefficient (Wildman–Crippen LogP) is 3.38. The molecular formula is C17H12F5N3O4. The van der Waals surface area contributed by atoms with Crippen LogP contribution < -0.4 is 10.2 Å². The van der Waals surface area contributed by atoms with E-state index in [1.165, 1.54) is 0 Å². The maximum atomic E-state index is 13.9. The van der Waals surface area contributed by atoms with E-state index in [1.54, 1.807) is 10.2 Å². The molecule has 1 aliphatic rings. The fraction of sp³-hybridized carbons (Fsp3) is 0.235. The quantitative estimate of drug-likeness (QED) is 0.271. The van der Waals surface area contributed by atoms with Crippen LogP contribution in [0, 0.1) is 39.2 Å². The second-order valence-electron chi connectivity index (χ2n) is 5.96. The number of nitro benzene ring substituents is 1. The lowest BCUT2D eigenvalue weighted by molar-refractivity contribution is -0.384. The van der Waals surface area contributed by atoms with Crippen LogP contribution in [0.4, 0.5) is 39.0 Å². The molecule has 0 aromatic heterocycles. The Morgan fingerprint density at radius 1 is 1.00 bits per heavy atom. The van der Waals surface area contributed by atoms with Crippen LogP contribution >= 0.6 is 0 Å². The summed E-state index contributed by atoms with van der Waals surface area (Å²) in [6.07, 6.45) is 0. The van der Waals surface area contributed by atoms with Crippen molar-refractivity contribution in [3.05, 3.63) is 63.0 Å². The molecule has 7 nitrogen and oxygen atoms in total. The molecule has 1 aliphatic heterocycles. The first kappa shape index (κ1) is 20.5. The summed E-state index contributed by atoms with van der Waals surface area (Å²) in [5.74, 6) is -12.4. The molecule has 0 saturated carbocycles. The number of ether oxygens (including phenoxy) is 1. The topological polar surface area (TPSA) is 84.7 Å². The minimum atomic E-state index is -2.36. The molecular weight excluding hydrogens is 405 g/mol. The number of rotatable bonds is 4. The highest BCUT2D eigenvalue weighted by atomic mass is 19.2. The highest BCUT2D eigenvalue weighted by Crippen LogP contribution is 2.31. The Hall–Kier alpha value is -3.28. The molecule has 2 aromatic carbocycles. The average molecular weight is 417 g/mol. The number of hydrogen-bond acceptors (Lipinski definition) is 5. The summed E-state index contributed by atoms with van der Waals surface area (Å²) in [5, 5.41) is 12.7. The van der Waals surface area contributed by atoms with Gasteiger partial charge in [-0.3, -0.25) is 14.9 Å². The number of anilines is 2. The lowest BCUT2D eigenvalue weighted by Crippen LogP contribution is -2.37. The Bertz CT molecular complexity index is 967. The van der Waals surface area contributed by atoms with Crippen LogP contribution in [0.3, 0.4) is 0 Å². The van der Waals surface area contributed by atoms with Crippen molar-refractivity contribution in [2.45, 2.75) is 0 Å². The Balaban J connectivity index is 2.03. The van der Waals surface area contributed by atoms with E-state index in [2.05, 4.69) is 0 Å². The van der Waals surface area contributed by atoms with E-state index in [4.69, 9.17) is 4.74 Å². The molecule has 0 aliphatic carbocycles. The summed E-state index contributed by atoms with van der Waals surface area (Å²) in [7, 11) is 0. The summed E-state index contributed by atoms with van der Waals surface area (Å²) in [6, 6.07) is 3.10. The minimum Gasteiger partial charge on any atom is -0.378 e. The number of benzene rings is 2. The summed E-state index contributed by atoms with van der Waals surface area (Å²) < 4.78 is 72.8. The molecule has 1 N–H and O–H groups in total. The molecule has 154 valence electrons. The van der Waals surface area contributed by atoms with Gasteiger partial charge in [0.25, 0.3) is 11.6 Å². The van der Waals surface area contributed by atoms with Crippen LogP contribution in [0.25, 0.3) is 0 Å². The smallest absolute Gasteiger partial charge is 0.271 e. The first-order valence-electron chi connectivity index (χ1n) is 8.16. The van der Waals surface area contributed by atoms with Gasteiger partial charge in [0.2, 0.25) is 5.82 Å². The maximum Gasteiger partial charge on any atom is 0.271 e. The summed E-state index contributed by atoms with van der Waals surface area (Å²) >= 11 is 0. The van der Waals surface area contributed by atoms with E-state index in [-0.39, 0.29) is 43.2 Å². The number of non-ortho nitro benzene ring substituents is 1. The zero-order valence-electron chi connectivity index (χ0n) is 14.5. The molecule has 12 heteroatoms. The molecule has 1 amide bonds. The van der Waals surface area contributed by atoms with Crippen LogP contribution in [0.2, 0.25) is 0 Å². The van der Waals surface area contributed by atoms with Gasteiger partial charge in [-0.15, -0.1) is 0 Å². The SMILES string of the molecule is O=C(Nc1c(F)c(F)c(F)c(F)c1F)c1ccc([N+](=O)[O-])cc1N1CCOCC1. The fourth-order valence-corrected chi connectivity index (χ4v) is 2.79. The Morgan fingerprint density at radius 2 is 1.55 bits per heavy atom. The monoisotopic (exact) mass is 417 g/mol. The molecule has 0 bridgehead atoms. The van der Waals surface area contributed by atoms with Gasteiger partial charge in [0.05, 0.1) is 29.4 Å². The van der Waals surface area contributed by atoms with Gasteiger partial charge in [-0.25, -0.2) is 22.0 Å². The summed E-state index contributed by atoms with van der Waals surface area (Å²) in [5.41, 5.74) is -2.05. The Morgan fingerprint density at radius 3 is 2.10 bits per heavy atom. The van der Waals surface area contributed by atoms with Crippen LogP contribution in [0.15, 0.2) is 18.2 Å². The van der Waals surface area contributed by atoms with E-state index < -0.39 is 45.6 Å². The number of nitrogens with one attached hydrogen (secondary N) is 1. The van der Waals surface area contributed by atoms with E-state index in [1.807, 2.05) is 0 Å². The van der Waals surface area contributed by atoms with E-state index >= 15 is 0 Å². The largest absolute Gasteiger partial charge is 0.378 e. The number of nitrogens with zero attached hydrogens (tertiary/aromatic N) is 2. The first-order valence-corrected chi connectivity index (χ1v) is 8.16. The second-order valence-corrected chi connectivity index (χ2v) is 5.96. The van der Waals surface area contributed by atoms with Crippen LogP contribution in [0.5, 0.6) is 0 Å². The van der Waals surface area contributed by atoms with Crippen molar-refractivity contribution in [2.75, 3.05) is 36.5 Å². The number of halogens is 5. The van der Waals surface area contributed by atoms with E-state index in [9.17, 15) is 36.9 Å². The van der Waals surface area contributed by atoms with Crippen molar-refractivity contribution in [1.82, 2.24) is 0 Å². The number of morpholine rings is 1. The molecule has 1 fully saturated rings. The molecule has 1 saturated heterocycles. The molecule has 0 radical (unpaired) electrons. The third-order valence-electron chi connectivity index (χ3n) is 4.24. The van der Waals surface area contributed by atoms with Crippen molar-refractivity contribution in [1.29, 1.82) is 0 Å². The Kier molecular flexibility index (Phi) is 5.64. The van der Waals surface area contributed by atoms with Crippen molar-refractivity contribution < 1.29 is 36.4 Å². The fourth-order valence-electron chi connectivity index (χ4n) is 2.79. The summed E-state index contributed by atoms with van der Waals surface area (Å²) in [6.45, 7) is 1.07. The first-order chi connectivity index (χ1) is 13.7. The molecule has 29 heavy (non-hydrogen) atoms. The third-order valence-corrected chi connectivity index (χ3v) is 4.24. The van der Waals surface area contributed by atoms with E-state index in [0.29, 0.717) is 0 Å². The van der Waals surface area contributed by atoms with Crippen molar-refractivity contribution >= 4 is 23.0 Å². The van der Waals surface area contributed by atoms with Gasteiger partial charge in [0.15, 0.2) is 23.3 Å². The predicted molar refractivity (Wildman–Crippen MR) is 90.3 cm³/mol. The number of amides is 1. The lowest BCUT2D eigenvalue weighted by atomic mass is 10.1. The zero-order valence-corrected chi connectivity index (χ0v) is 14.5. The van der Waals surface area contributed by atoms with Crippen molar-refractivity contribution in [3.8, 4) is 0 Å². The molecule has 0 spiro atoms. The molecule has 1 heterocycles. The van der Waals surface area contributed by atoms with Gasteiger partial charge in [-0.2, -0.15) is 0 Å². The van der Waals surface area contributed by atoms with Crippen molar-refractivity contribution in [3.63, 3.8) is 0 Å². The minimum absolute atomic E-state index is 0.0591. The maximum absolute atomic E-state index is 13.9. The van der Waals surface area contributed by atoms with Crippen LogP contribution in [-0.4, -0.2) is 37.1 Å². The van der Waals surface area contributed by atoms with Gasteiger partial charge in [-0.05, 0) is 6.07 Å². The highest BCUT2D eigenvalue weighted by molar-refractivity contribution is 6.08. The Labute approximate surface area is 159 Å². The number of carbonyl (C=O) groups is 1. The molecule has 0 atom stereocenters. The van der Waals surface area contributed by atoms with E-state index in [0.717, 1.165) is 18.2 Å². The zero-order chi connectivity index (χ0) is 21.3. The van der Waals surface area contributed by atoms with Gasteiger partial charge in [0, 0.05) is 25.2 Å². The second kappa shape index (κ2) is 7.99. The van der Waals surface area contributed by atoms with Gasteiger partial charge < -0.3 is 15.0 Å². The lowest BCUT2D eigenvalue weighted by Gasteiger charge is -2.30. The number of nitro groups is 1. The van der Waals surface area contributed by atoms with Crippen molar-refractivity contribution in [2.24, 2.45) is 0 Å². The van der Waals surface area contributed by atoms with Crippen LogP contribution in [0.1, 0.15) is 10.4 Å². The number of carbonyl (C=O) groups excluding carboxylic acids is 1. The molecule has 2 aromatic rings.